The van der Waals surface area contributed by atoms with Crippen LogP contribution >= 0.6 is 11.6 Å². The molecule has 1 saturated carbocycles. The van der Waals surface area contributed by atoms with Crippen molar-refractivity contribution >= 4 is 44.2 Å². The molecule has 5 heterocycles. The quantitative estimate of drug-likeness (QED) is 0.289. The summed E-state index contributed by atoms with van der Waals surface area (Å²) in [5.41, 5.74) is -0.272. The standard InChI is InChI=1S/C30H29ClFN7O4S/c1-4-24(40)37-12-13-38(17(2)16-37)28-19-14-22(32)26(20-15-33-10-8-21(20)31)35-29(19)39(30(41)36-28)27-23(44(3,42)43)9-11-34-25(27)18-6-5-7-18/h4,8-11,14-15,17-18H,1,5-7,12-13,16H2,2-3H3/t17-/m0/s1. The van der Waals surface area contributed by atoms with Gasteiger partial charge in [-0.3, -0.25) is 14.8 Å². The molecule has 1 aliphatic heterocycles. The third-order valence-corrected chi connectivity index (χ3v) is 9.70. The second-order valence-electron chi connectivity index (χ2n) is 11.1. The SMILES string of the molecule is C=CC(=O)N1CCN(c2nc(=O)n(-c3c(S(C)(=O)=O)ccnc3C3CCC3)c3nc(-c4cnccc4Cl)c(F)cc23)[C@@H](C)C1. The predicted octanol–water partition coefficient (Wildman–Crippen LogP) is 3.92. The van der Waals surface area contributed by atoms with Gasteiger partial charge in [0.05, 0.1) is 26.7 Å². The van der Waals surface area contributed by atoms with Crippen molar-refractivity contribution in [1.82, 2.24) is 29.4 Å². The first kappa shape index (κ1) is 29.8. The van der Waals surface area contributed by atoms with Crippen LogP contribution in [0.3, 0.4) is 0 Å². The van der Waals surface area contributed by atoms with E-state index in [0.29, 0.717) is 25.3 Å². The van der Waals surface area contributed by atoms with Crippen LogP contribution in [0.25, 0.3) is 28.0 Å². The molecule has 6 rings (SSSR count). The van der Waals surface area contributed by atoms with Crippen LogP contribution in [0, 0.1) is 5.82 Å². The maximum atomic E-state index is 16.0. The average molecular weight is 638 g/mol. The van der Waals surface area contributed by atoms with Gasteiger partial charge in [-0.15, -0.1) is 0 Å². The molecule has 1 atom stereocenters. The smallest absolute Gasteiger partial charge is 0.350 e. The lowest BCUT2D eigenvalue weighted by Crippen LogP contribution is -2.54. The van der Waals surface area contributed by atoms with E-state index < -0.39 is 21.3 Å². The van der Waals surface area contributed by atoms with E-state index >= 15 is 4.39 Å². The highest BCUT2D eigenvalue weighted by atomic mass is 35.5. The number of piperazine rings is 1. The van der Waals surface area contributed by atoms with Crippen LogP contribution in [0.1, 0.15) is 37.8 Å². The summed E-state index contributed by atoms with van der Waals surface area (Å²) >= 11 is 6.41. The molecule has 4 aromatic rings. The number of amides is 1. The van der Waals surface area contributed by atoms with E-state index in [0.717, 1.165) is 30.1 Å². The van der Waals surface area contributed by atoms with Crippen molar-refractivity contribution in [2.24, 2.45) is 0 Å². The minimum atomic E-state index is -3.86. The summed E-state index contributed by atoms with van der Waals surface area (Å²) in [5, 5.41) is 0.378. The van der Waals surface area contributed by atoms with Gasteiger partial charge < -0.3 is 9.80 Å². The van der Waals surface area contributed by atoms with E-state index in [1.807, 2.05) is 11.8 Å². The summed E-state index contributed by atoms with van der Waals surface area (Å²) in [6.07, 6.45) is 9.03. The zero-order chi connectivity index (χ0) is 31.3. The van der Waals surface area contributed by atoms with Gasteiger partial charge in [0.1, 0.15) is 17.3 Å². The van der Waals surface area contributed by atoms with E-state index in [1.165, 1.54) is 42.9 Å². The molecule has 0 radical (unpaired) electrons. The second-order valence-corrected chi connectivity index (χ2v) is 13.5. The Morgan fingerprint density at radius 3 is 2.59 bits per heavy atom. The Morgan fingerprint density at radius 1 is 1.18 bits per heavy atom. The van der Waals surface area contributed by atoms with Gasteiger partial charge in [-0.1, -0.05) is 24.6 Å². The molecular weight excluding hydrogens is 609 g/mol. The zero-order valence-electron chi connectivity index (χ0n) is 24.1. The Kier molecular flexibility index (Phi) is 7.70. The number of hydrogen-bond acceptors (Lipinski definition) is 9. The number of nitrogens with zero attached hydrogens (tertiary/aromatic N) is 7. The van der Waals surface area contributed by atoms with Gasteiger partial charge in [-0.2, -0.15) is 4.98 Å². The van der Waals surface area contributed by atoms with Crippen LogP contribution in [-0.4, -0.2) is 75.7 Å². The topological polar surface area (TPSA) is 131 Å². The summed E-state index contributed by atoms with van der Waals surface area (Å²) < 4.78 is 43.3. The van der Waals surface area contributed by atoms with Gasteiger partial charge in [0.15, 0.2) is 15.5 Å². The first-order valence-corrected chi connectivity index (χ1v) is 16.4. The van der Waals surface area contributed by atoms with Gasteiger partial charge >= 0.3 is 5.69 Å². The van der Waals surface area contributed by atoms with Crippen LogP contribution in [0.5, 0.6) is 0 Å². The molecule has 0 spiro atoms. The fraction of sp³-hybridized carbons (Fsp3) is 0.333. The molecule has 44 heavy (non-hydrogen) atoms. The molecule has 1 aliphatic carbocycles. The number of sulfone groups is 1. The van der Waals surface area contributed by atoms with Crippen molar-refractivity contribution in [2.75, 3.05) is 30.8 Å². The Bertz CT molecular complexity index is 2000. The molecule has 2 fully saturated rings. The first-order chi connectivity index (χ1) is 21.0. The maximum Gasteiger partial charge on any atom is 0.355 e. The number of aromatic nitrogens is 5. The third kappa shape index (κ3) is 5.13. The zero-order valence-corrected chi connectivity index (χ0v) is 25.6. The average Bonchev–Trinajstić information content (AvgIpc) is 2.95. The van der Waals surface area contributed by atoms with Crippen LogP contribution in [0.2, 0.25) is 5.02 Å². The number of hydrogen-bond donors (Lipinski definition) is 0. The second kappa shape index (κ2) is 11.4. The van der Waals surface area contributed by atoms with Crippen molar-refractivity contribution in [2.45, 2.75) is 43.0 Å². The van der Waals surface area contributed by atoms with Gasteiger partial charge in [0.2, 0.25) is 5.91 Å². The van der Waals surface area contributed by atoms with Gasteiger partial charge in [0.25, 0.3) is 0 Å². The Balaban J connectivity index is 1.67. The fourth-order valence-electron chi connectivity index (χ4n) is 5.82. The number of rotatable bonds is 6. The van der Waals surface area contributed by atoms with Crippen molar-refractivity contribution < 1.29 is 17.6 Å². The predicted molar refractivity (Wildman–Crippen MR) is 164 cm³/mol. The van der Waals surface area contributed by atoms with E-state index in [9.17, 15) is 18.0 Å². The molecule has 0 N–H and O–H groups in total. The Hall–Kier alpha value is -4.23. The normalized spacial score (nSPS) is 17.5. The number of fused-ring (bicyclic) bond motifs is 1. The number of halogens is 2. The lowest BCUT2D eigenvalue weighted by atomic mass is 9.82. The molecule has 2 aliphatic rings. The number of pyridine rings is 3. The molecule has 0 bridgehead atoms. The molecule has 1 saturated heterocycles. The molecule has 1 amide bonds. The lowest BCUT2D eigenvalue weighted by Gasteiger charge is -2.40. The Labute approximate surface area is 258 Å². The van der Waals surface area contributed by atoms with Crippen molar-refractivity contribution in [3.8, 4) is 16.9 Å². The summed E-state index contributed by atoms with van der Waals surface area (Å²) in [6.45, 7) is 6.38. The largest absolute Gasteiger partial charge is 0.355 e. The van der Waals surface area contributed by atoms with Crippen LogP contribution in [-0.2, 0) is 14.6 Å². The van der Waals surface area contributed by atoms with E-state index in [1.54, 1.807) is 4.90 Å². The van der Waals surface area contributed by atoms with Gasteiger partial charge in [-0.05, 0) is 44.0 Å². The molecule has 0 unspecified atom stereocenters. The van der Waals surface area contributed by atoms with Gasteiger partial charge in [-0.25, -0.2) is 27.2 Å². The molecule has 4 aromatic heterocycles. The lowest BCUT2D eigenvalue weighted by molar-refractivity contribution is -0.126. The highest BCUT2D eigenvalue weighted by Crippen LogP contribution is 2.41. The highest BCUT2D eigenvalue weighted by molar-refractivity contribution is 7.90. The van der Waals surface area contributed by atoms with Crippen LogP contribution in [0.15, 0.2) is 59.1 Å². The summed E-state index contributed by atoms with van der Waals surface area (Å²) in [7, 11) is -3.86. The fourth-order valence-corrected chi connectivity index (χ4v) is 6.87. The van der Waals surface area contributed by atoms with E-state index in [4.69, 9.17) is 11.6 Å². The summed E-state index contributed by atoms with van der Waals surface area (Å²) in [4.78, 5) is 47.4. The first-order valence-electron chi connectivity index (χ1n) is 14.1. The number of anilines is 1. The monoisotopic (exact) mass is 637 g/mol. The maximum absolute atomic E-state index is 16.0. The minimum Gasteiger partial charge on any atom is -0.350 e. The molecule has 228 valence electrons. The molecule has 14 heteroatoms. The Morgan fingerprint density at radius 2 is 1.95 bits per heavy atom. The number of carbonyl (C=O) groups is 1. The summed E-state index contributed by atoms with van der Waals surface area (Å²) in [6, 6.07) is 3.77. The van der Waals surface area contributed by atoms with Gasteiger partial charge in [0, 0.05) is 62.0 Å². The van der Waals surface area contributed by atoms with Crippen molar-refractivity contribution in [3.63, 3.8) is 0 Å². The van der Waals surface area contributed by atoms with E-state index in [2.05, 4.69) is 26.5 Å². The van der Waals surface area contributed by atoms with Crippen molar-refractivity contribution in [1.29, 1.82) is 0 Å². The molecule has 0 aromatic carbocycles. The van der Waals surface area contributed by atoms with E-state index in [-0.39, 0.29) is 61.6 Å². The van der Waals surface area contributed by atoms with Crippen LogP contribution in [0.4, 0.5) is 10.2 Å². The van der Waals surface area contributed by atoms with Crippen molar-refractivity contribution in [3.05, 3.63) is 76.5 Å². The summed E-state index contributed by atoms with van der Waals surface area (Å²) in [5.74, 6) is -0.854. The molecule has 11 nitrogen and oxygen atoms in total. The van der Waals surface area contributed by atoms with Crippen LogP contribution < -0.4 is 10.6 Å². The number of carbonyl (C=O) groups excluding carboxylic acids is 1. The highest BCUT2D eigenvalue weighted by Gasteiger charge is 2.33. The third-order valence-electron chi connectivity index (χ3n) is 8.24. The minimum absolute atomic E-state index is 0.00779. The molecular formula is C30H29ClFN7O4S.